The van der Waals surface area contributed by atoms with E-state index in [2.05, 4.69) is 15.9 Å². The third-order valence-corrected chi connectivity index (χ3v) is 3.58. The Morgan fingerprint density at radius 3 is 2.44 bits per heavy atom. The summed E-state index contributed by atoms with van der Waals surface area (Å²) in [6.45, 7) is 1.97. The molecule has 2 aromatic carbocycles. The lowest BCUT2D eigenvalue weighted by molar-refractivity contribution is 0.103. The minimum absolute atomic E-state index is 0.119. The zero-order valence-electron chi connectivity index (χ0n) is 9.71. The van der Waals surface area contributed by atoms with Crippen molar-refractivity contribution in [1.82, 2.24) is 0 Å². The van der Waals surface area contributed by atoms with E-state index in [9.17, 15) is 4.79 Å². The maximum absolute atomic E-state index is 12.4. The van der Waals surface area contributed by atoms with Crippen LogP contribution < -0.4 is 5.73 Å². The number of rotatable bonds is 2. The van der Waals surface area contributed by atoms with Gasteiger partial charge in [0.2, 0.25) is 0 Å². The van der Waals surface area contributed by atoms with Gasteiger partial charge in [-0.3, -0.25) is 4.79 Å². The molecule has 92 valence electrons. The smallest absolute Gasteiger partial charge is 0.195 e. The van der Waals surface area contributed by atoms with Crippen molar-refractivity contribution in [2.75, 3.05) is 5.73 Å². The molecular weight excluding hydrogens is 314 g/mol. The summed E-state index contributed by atoms with van der Waals surface area (Å²) in [4.78, 5) is 12.4. The summed E-state index contributed by atoms with van der Waals surface area (Å²) in [6, 6.07) is 10.5. The van der Waals surface area contributed by atoms with Gasteiger partial charge in [-0.1, -0.05) is 33.6 Å². The lowest BCUT2D eigenvalue weighted by Gasteiger charge is -2.07. The summed E-state index contributed by atoms with van der Waals surface area (Å²) in [5, 5.41) is 0.368. The predicted octanol–water partition coefficient (Wildman–Crippen LogP) is 4.22. The van der Waals surface area contributed by atoms with Gasteiger partial charge in [-0.05, 0) is 42.8 Å². The van der Waals surface area contributed by atoms with Gasteiger partial charge >= 0.3 is 0 Å². The van der Waals surface area contributed by atoms with Crippen LogP contribution in [0, 0.1) is 6.92 Å². The van der Waals surface area contributed by atoms with Crippen molar-refractivity contribution in [3.63, 3.8) is 0 Å². The molecule has 0 aliphatic rings. The van der Waals surface area contributed by atoms with E-state index in [1.165, 1.54) is 0 Å². The Bertz CT molecular complexity index is 572. The van der Waals surface area contributed by atoms with Gasteiger partial charge in [-0.25, -0.2) is 0 Å². The Labute approximate surface area is 119 Å². The number of carbonyl (C=O) groups excluding carboxylic acids is 1. The average molecular weight is 325 g/mol. The molecule has 0 atom stereocenters. The summed E-state index contributed by atoms with van der Waals surface area (Å²) >= 11 is 9.44. The highest BCUT2D eigenvalue weighted by atomic mass is 79.9. The highest BCUT2D eigenvalue weighted by molar-refractivity contribution is 9.10. The fourth-order valence-corrected chi connectivity index (χ4v) is 2.61. The van der Waals surface area contributed by atoms with Crippen LogP contribution in [-0.2, 0) is 0 Å². The first kappa shape index (κ1) is 13.1. The molecule has 18 heavy (non-hydrogen) atoms. The van der Waals surface area contributed by atoms with E-state index in [1.54, 1.807) is 24.3 Å². The summed E-state index contributed by atoms with van der Waals surface area (Å²) in [5.74, 6) is -0.119. The van der Waals surface area contributed by atoms with Crippen molar-refractivity contribution in [2.24, 2.45) is 0 Å². The van der Waals surface area contributed by atoms with Gasteiger partial charge < -0.3 is 5.73 Å². The normalized spacial score (nSPS) is 10.4. The molecule has 0 aliphatic carbocycles. The highest BCUT2D eigenvalue weighted by Crippen LogP contribution is 2.26. The largest absolute Gasteiger partial charge is 0.399 e. The van der Waals surface area contributed by atoms with Gasteiger partial charge in [0.25, 0.3) is 0 Å². The van der Waals surface area contributed by atoms with E-state index in [4.69, 9.17) is 17.3 Å². The molecule has 0 unspecified atom stereocenters. The molecule has 4 heteroatoms. The van der Waals surface area contributed by atoms with E-state index in [0.29, 0.717) is 21.8 Å². The number of halogens is 2. The molecule has 2 N–H and O–H groups in total. The summed E-state index contributed by atoms with van der Waals surface area (Å²) in [5.41, 5.74) is 8.28. The molecular formula is C14H11BrClNO. The molecule has 0 bridgehead atoms. The van der Waals surface area contributed by atoms with E-state index < -0.39 is 0 Å². The maximum Gasteiger partial charge on any atom is 0.195 e. The van der Waals surface area contributed by atoms with Crippen LogP contribution in [0.4, 0.5) is 5.69 Å². The second kappa shape index (κ2) is 5.12. The molecule has 0 spiro atoms. The second-order valence-electron chi connectivity index (χ2n) is 4.05. The van der Waals surface area contributed by atoms with Crippen molar-refractivity contribution >= 4 is 39.0 Å². The molecule has 0 aliphatic heterocycles. The third kappa shape index (κ3) is 2.57. The zero-order valence-corrected chi connectivity index (χ0v) is 12.0. The number of aryl methyl sites for hydroxylation is 1. The van der Waals surface area contributed by atoms with Crippen LogP contribution >= 0.6 is 27.5 Å². The fourth-order valence-electron chi connectivity index (χ4n) is 1.66. The fraction of sp³-hybridized carbons (Fsp3) is 0.0714. The number of benzene rings is 2. The number of hydrogen-bond donors (Lipinski definition) is 1. The van der Waals surface area contributed by atoms with Crippen LogP contribution in [0.1, 0.15) is 21.5 Å². The van der Waals surface area contributed by atoms with Crippen molar-refractivity contribution in [1.29, 1.82) is 0 Å². The standard InChI is InChI=1S/C14H11BrClNO/c1-8-2-4-10(12(15)6-8)14(18)11-5-3-9(17)7-13(11)16/h2-7H,17H2,1H3. The molecule has 0 saturated carbocycles. The molecule has 0 amide bonds. The predicted molar refractivity (Wildman–Crippen MR) is 78.2 cm³/mol. The number of ketones is 1. The van der Waals surface area contributed by atoms with E-state index in [1.807, 2.05) is 19.1 Å². The van der Waals surface area contributed by atoms with Gasteiger partial charge in [0.05, 0.1) is 5.02 Å². The van der Waals surface area contributed by atoms with Gasteiger partial charge in [-0.2, -0.15) is 0 Å². The van der Waals surface area contributed by atoms with Gasteiger partial charge in [0.15, 0.2) is 5.78 Å². The quantitative estimate of drug-likeness (QED) is 0.664. The molecule has 2 rings (SSSR count). The lowest BCUT2D eigenvalue weighted by atomic mass is 10.0. The lowest BCUT2D eigenvalue weighted by Crippen LogP contribution is -2.04. The molecule has 0 heterocycles. The molecule has 0 fully saturated rings. The Hall–Kier alpha value is -1.32. The van der Waals surface area contributed by atoms with Crippen LogP contribution in [-0.4, -0.2) is 5.78 Å². The van der Waals surface area contributed by atoms with E-state index in [0.717, 1.165) is 10.0 Å². The maximum atomic E-state index is 12.4. The van der Waals surface area contributed by atoms with E-state index in [-0.39, 0.29) is 5.78 Å². The topological polar surface area (TPSA) is 43.1 Å². The Balaban J connectivity index is 2.48. The number of carbonyl (C=O) groups is 1. The van der Waals surface area contributed by atoms with Crippen LogP contribution in [0.15, 0.2) is 40.9 Å². The number of nitrogens with two attached hydrogens (primary N) is 1. The van der Waals surface area contributed by atoms with Crippen LogP contribution in [0.5, 0.6) is 0 Å². The number of anilines is 1. The molecule has 2 nitrogen and oxygen atoms in total. The number of nitrogen functional groups attached to an aromatic ring is 1. The third-order valence-electron chi connectivity index (χ3n) is 2.61. The summed E-state index contributed by atoms with van der Waals surface area (Å²) in [7, 11) is 0. The molecule has 2 aromatic rings. The first-order valence-electron chi connectivity index (χ1n) is 5.35. The second-order valence-corrected chi connectivity index (χ2v) is 5.31. The van der Waals surface area contributed by atoms with Gasteiger partial charge in [0, 0.05) is 21.3 Å². The minimum Gasteiger partial charge on any atom is -0.399 e. The van der Waals surface area contributed by atoms with Crippen molar-refractivity contribution in [3.8, 4) is 0 Å². The Morgan fingerprint density at radius 1 is 1.17 bits per heavy atom. The van der Waals surface area contributed by atoms with Gasteiger partial charge in [-0.15, -0.1) is 0 Å². The Kier molecular flexibility index (Phi) is 3.73. The van der Waals surface area contributed by atoms with Crippen LogP contribution in [0.25, 0.3) is 0 Å². The van der Waals surface area contributed by atoms with E-state index >= 15 is 0 Å². The highest BCUT2D eigenvalue weighted by Gasteiger charge is 2.15. The molecule has 0 saturated heterocycles. The van der Waals surface area contributed by atoms with Crippen LogP contribution in [0.3, 0.4) is 0 Å². The monoisotopic (exact) mass is 323 g/mol. The Morgan fingerprint density at radius 2 is 1.83 bits per heavy atom. The minimum atomic E-state index is -0.119. The molecule has 0 aromatic heterocycles. The van der Waals surface area contributed by atoms with Crippen molar-refractivity contribution < 1.29 is 4.79 Å². The van der Waals surface area contributed by atoms with Crippen molar-refractivity contribution in [2.45, 2.75) is 6.92 Å². The summed E-state index contributed by atoms with van der Waals surface area (Å²) in [6.07, 6.45) is 0. The average Bonchev–Trinajstić information content (AvgIpc) is 2.28. The van der Waals surface area contributed by atoms with Gasteiger partial charge in [0.1, 0.15) is 0 Å². The van der Waals surface area contributed by atoms with Crippen molar-refractivity contribution in [3.05, 3.63) is 62.6 Å². The first-order chi connectivity index (χ1) is 8.49. The summed E-state index contributed by atoms with van der Waals surface area (Å²) < 4.78 is 0.764. The molecule has 0 radical (unpaired) electrons. The first-order valence-corrected chi connectivity index (χ1v) is 6.52. The SMILES string of the molecule is Cc1ccc(C(=O)c2ccc(N)cc2Cl)c(Br)c1. The van der Waals surface area contributed by atoms with Crippen LogP contribution in [0.2, 0.25) is 5.02 Å². The zero-order chi connectivity index (χ0) is 13.3. The number of hydrogen-bond acceptors (Lipinski definition) is 2.